The summed E-state index contributed by atoms with van der Waals surface area (Å²) < 4.78 is 0. The molecule has 5 N–H and O–H groups in total. The van der Waals surface area contributed by atoms with E-state index in [-0.39, 0.29) is 12.4 Å². The second kappa shape index (κ2) is 10.9. The number of amides is 1. The first kappa shape index (κ1) is 22.9. The molecule has 0 fully saturated rings. The van der Waals surface area contributed by atoms with Crippen molar-refractivity contribution < 1.29 is 24.6 Å². The number of para-hydroxylation sites is 1. The van der Waals surface area contributed by atoms with Crippen LogP contribution in [0.4, 0.5) is 5.69 Å². The fraction of sp³-hybridized carbons (Fsp3) is 0.500. The van der Waals surface area contributed by atoms with E-state index < -0.39 is 36.5 Å². The second-order valence-electron chi connectivity index (χ2n) is 6.38. The lowest BCUT2D eigenvalue weighted by molar-refractivity contribution is -0.140. The van der Waals surface area contributed by atoms with Crippen LogP contribution in [0.3, 0.4) is 0 Å². The van der Waals surface area contributed by atoms with Crippen molar-refractivity contribution in [3.63, 3.8) is 0 Å². The molecule has 1 aliphatic heterocycles. The molecule has 0 radical (unpaired) electrons. The van der Waals surface area contributed by atoms with E-state index in [1.165, 1.54) is 4.90 Å². The zero-order valence-electron chi connectivity index (χ0n) is 15.0. The Morgan fingerprint density at radius 2 is 1.96 bits per heavy atom. The van der Waals surface area contributed by atoms with Crippen LogP contribution in [-0.4, -0.2) is 53.2 Å². The van der Waals surface area contributed by atoms with Crippen molar-refractivity contribution in [3.05, 3.63) is 29.8 Å². The summed E-state index contributed by atoms with van der Waals surface area (Å²) in [5.41, 5.74) is 6.89. The average molecular weight is 400 g/mol. The van der Waals surface area contributed by atoms with Gasteiger partial charge in [0.15, 0.2) is 0 Å². The Balaban J connectivity index is 0.00000364. The summed E-state index contributed by atoms with van der Waals surface area (Å²) in [4.78, 5) is 36.9. The molecule has 0 aromatic heterocycles. The van der Waals surface area contributed by atoms with Crippen molar-refractivity contribution >= 4 is 35.9 Å². The van der Waals surface area contributed by atoms with Crippen LogP contribution in [0, 0.1) is 0 Å². The van der Waals surface area contributed by atoms with Gasteiger partial charge in [-0.25, -0.2) is 0 Å². The third-order valence-corrected chi connectivity index (χ3v) is 4.49. The number of aryl methyl sites for hydroxylation is 1. The molecule has 2 atom stereocenters. The van der Waals surface area contributed by atoms with Crippen LogP contribution >= 0.6 is 12.4 Å². The van der Waals surface area contributed by atoms with Crippen molar-refractivity contribution in [2.75, 3.05) is 18.0 Å². The van der Waals surface area contributed by atoms with Gasteiger partial charge in [0.2, 0.25) is 5.91 Å². The molecule has 0 saturated heterocycles. The predicted molar refractivity (Wildman–Crippen MR) is 103 cm³/mol. The number of nitrogens with one attached hydrogen (secondary N) is 1. The van der Waals surface area contributed by atoms with Gasteiger partial charge < -0.3 is 15.9 Å². The normalized spacial score (nSPS) is 17.4. The number of anilines is 1. The van der Waals surface area contributed by atoms with Crippen molar-refractivity contribution in [1.82, 2.24) is 5.32 Å². The maximum absolute atomic E-state index is 12.9. The molecule has 27 heavy (non-hydrogen) atoms. The van der Waals surface area contributed by atoms with E-state index in [9.17, 15) is 24.6 Å². The number of halogens is 1. The lowest BCUT2D eigenvalue weighted by Crippen LogP contribution is -2.52. The topological polar surface area (TPSA) is 133 Å². The first-order valence-corrected chi connectivity index (χ1v) is 8.74. The molecular weight excluding hydrogens is 374 g/mol. The number of fused-ring (bicyclic) bond motifs is 1. The van der Waals surface area contributed by atoms with Crippen LogP contribution in [0.15, 0.2) is 24.3 Å². The standard InChI is InChI=1S/C18H25N3O5.ClH/c19-10-4-3-6-14(18(25)26)20-13-9-8-12-5-1-2-7-15(12)21(17(13)24)11-16(22)23;/h1-2,5,7,13-14,20H,3-4,6,8-11,19H2,(H,22,23)(H,25,26);1H. The lowest BCUT2D eigenvalue weighted by Gasteiger charge is -2.26. The average Bonchev–Trinajstić information content (AvgIpc) is 2.72. The molecule has 8 nitrogen and oxygen atoms in total. The van der Waals surface area contributed by atoms with Gasteiger partial charge >= 0.3 is 11.9 Å². The maximum Gasteiger partial charge on any atom is 0.323 e. The van der Waals surface area contributed by atoms with Gasteiger partial charge in [0.1, 0.15) is 12.6 Å². The van der Waals surface area contributed by atoms with Gasteiger partial charge in [0.25, 0.3) is 0 Å². The number of benzene rings is 1. The number of unbranched alkanes of at least 4 members (excludes halogenated alkanes) is 1. The minimum Gasteiger partial charge on any atom is -0.480 e. The fourth-order valence-corrected chi connectivity index (χ4v) is 3.18. The number of hydrogen-bond donors (Lipinski definition) is 4. The van der Waals surface area contributed by atoms with Gasteiger partial charge in [-0.1, -0.05) is 24.6 Å². The van der Waals surface area contributed by atoms with Gasteiger partial charge in [-0.3, -0.25) is 24.6 Å². The van der Waals surface area contributed by atoms with Crippen molar-refractivity contribution in [2.24, 2.45) is 5.73 Å². The summed E-state index contributed by atoms with van der Waals surface area (Å²) in [6, 6.07) is 5.54. The van der Waals surface area contributed by atoms with Gasteiger partial charge in [-0.15, -0.1) is 12.4 Å². The molecule has 1 aliphatic rings. The van der Waals surface area contributed by atoms with Crippen LogP contribution < -0.4 is 16.0 Å². The van der Waals surface area contributed by atoms with Gasteiger partial charge in [0.05, 0.1) is 6.04 Å². The fourth-order valence-electron chi connectivity index (χ4n) is 3.18. The highest BCUT2D eigenvalue weighted by Crippen LogP contribution is 2.27. The highest BCUT2D eigenvalue weighted by molar-refractivity contribution is 6.02. The molecular formula is C18H26ClN3O5. The highest BCUT2D eigenvalue weighted by Gasteiger charge is 2.33. The third-order valence-electron chi connectivity index (χ3n) is 4.49. The number of carbonyl (C=O) groups excluding carboxylic acids is 1. The molecule has 2 unspecified atom stereocenters. The summed E-state index contributed by atoms with van der Waals surface area (Å²) in [5, 5.41) is 21.5. The van der Waals surface area contributed by atoms with Crippen LogP contribution in [0.1, 0.15) is 31.2 Å². The summed E-state index contributed by atoms with van der Waals surface area (Å²) in [6.07, 6.45) is 2.68. The Kier molecular flexibility index (Phi) is 9.20. The van der Waals surface area contributed by atoms with Crippen LogP contribution in [0.25, 0.3) is 0 Å². The quantitative estimate of drug-likeness (QED) is 0.455. The van der Waals surface area contributed by atoms with Crippen molar-refractivity contribution in [3.8, 4) is 0 Å². The van der Waals surface area contributed by atoms with E-state index in [0.717, 1.165) is 5.56 Å². The highest BCUT2D eigenvalue weighted by atomic mass is 35.5. The van der Waals surface area contributed by atoms with E-state index in [2.05, 4.69) is 5.32 Å². The molecule has 150 valence electrons. The number of hydrogen-bond acceptors (Lipinski definition) is 5. The Hall–Kier alpha value is -2.16. The van der Waals surface area contributed by atoms with Gasteiger partial charge in [-0.2, -0.15) is 0 Å². The zero-order valence-corrected chi connectivity index (χ0v) is 15.8. The number of nitrogens with zero attached hydrogens (tertiary/aromatic N) is 1. The summed E-state index contributed by atoms with van der Waals surface area (Å²) in [7, 11) is 0. The summed E-state index contributed by atoms with van der Waals surface area (Å²) >= 11 is 0. The van der Waals surface area contributed by atoms with Crippen LogP contribution in [0.5, 0.6) is 0 Å². The Morgan fingerprint density at radius 3 is 2.59 bits per heavy atom. The molecule has 9 heteroatoms. The Morgan fingerprint density at radius 1 is 1.26 bits per heavy atom. The molecule has 2 rings (SSSR count). The number of aliphatic carboxylic acids is 2. The van der Waals surface area contributed by atoms with Gasteiger partial charge in [0, 0.05) is 5.69 Å². The summed E-state index contributed by atoms with van der Waals surface area (Å²) in [5.74, 6) is -2.56. The molecule has 0 aliphatic carbocycles. The third kappa shape index (κ3) is 6.20. The second-order valence-corrected chi connectivity index (χ2v) is 6.38. The monoisotopic (exact) mass is 399 g/mol. The number of carbonyl (C=O) groups is 3. The van der Waals surface area contributed by atoms with Gasteiger partial charge in [-0.05, 0) is 43.9 Å². The maximum atomic E-state index is 12.9. The molecule has 0 spiro atoms. The molecule has 1 amide bonds. The van der Waals surface area contributed by atoms with Crippen LogP contribution in [-0.2, 0) is 20.8 Å². The minimum atomic E-state index is -1.12. The smallest absolute Gasteiger partial charge is 0.323 e. The SMILES string of the molecule is Cl.NCCCCC(NC1CCc2ccccc2N(CC(=O)O)C1=O)C(=O)O. The van der Waals surface area contributed by atoms with Crippen LogP contribution in [0.2, 0.25) is 0 Å². The zero-order chi connectivity index (χ0) is 19.1. The molecule has 0 saturated carbocycles. The molecule has 0 bridgehead atoms. The number of nitrogens with two attached hydrogens (primary N) is 1. The Bertz CT molecular complexity index is 670. The number of carboxylic acid groups (broad SMARTS) is 2. The molecule has 1 heterocycles. The molecule has 1 aromatic carbocycles. The van der Waals surface area contributed by atoms with E-state index in [0.29, 0.717) is 44.3 Å². The van der Waals surface area contributed by atoms with E-state index in [1.807, 2.05) is 12.1 Å². The molecule has 1 aromatic rings. The first-order chi connectivity index (χ1) is 12.4. The lowest BCUT2D eigenvalue weighted by atomic mass is 10.0. The van der Waals surface area contributed by atoms with Crippen molar-refractivity contribution in [2.45, 2.75) is 44.2 Å². The summed E-state index contributed by atoms with van der Waals surface area (Å²) in [6.45, 7) is 0.0232. The number of carboxylic acids is 2. The Labute approximate surface area is 164 Å². The van der Waals surface area contributed by atoms with E-state index in [4.69, 9.17) is 5.73 Å². The van der Waals surface area contributed by atoms with Crippen molar-refractivity contribution in [1.29, 1.82) is 0 Å². The number of rotatable bonds is 9. The van der Waals surface area contributed by atoms with E-state index in [1.54, 1.807) is 12.1 Å². The largest absolute Gasteiger partial charge is 0.480 e. The van der Waals surface area contributed by atoms with E-state index >= 15 is 0 Å². The first-order valence-electron chi connectivity index (χ1n) is 8.74. The predicted octanol–water partition coefficient (Wildman–Crippen LogP) is 1.01. The minimum absolute atomic E-state index is 0.